The van der Waals surface area contributed by atoms with E-state index >= 15 is 0 Å². The average molecular weight is 262 g/mol. The summed E-state index contributed by atoms with van der Waals surface area (Å²) in [5, 5.41) is 16.3. The number of aromatic amines is 1. The minimum atomic E-state index is -0.672. The highest BCUT2D eigenvalue weighted by atomic mass is 16.5. The van der Waals surface area contributed by atoms with Crippen LogP contribution in [0.25, 0.3) is 11.4 Å². The number of carbonyl (C=O) groups excluding carboxylic acids is 1. The lowest BCUT2D eigenvalue weighted by Crippen LogP contribution is -2.35. The summed E-state index contributed by atoms with van der Waals surface area (Å²) in [5.41, 5.74) is 6.78. The van der Waals surface area contributed by atoms with Crippen molar-refractivity contribution in [1.82, 2.24) is 20.6 Å². The van der Waals surface area contributed by atoms with Crippen molar-refractivity contribution >= 4 is 11.6 Å². The Kier molecular flexibility index (Phi) is 4.16. The molecular formula is C11H14N6O2. The predicted octanol–water partition coefficient (Wildman–Crippen LogP) is -0.221. The minimum absolute atomic E-state index is 0.118. The maximum atomic E-state index is 11.8. The van der Waals surface area contributed by atoms with Crippen LogP contribution in [0.5, 0.6) is 0 Å². The first-order chi connectivity index (χ1) is 9.24. The summed E-state index contributed by atoms with van der Waals surface area (Å²) >= 11 is 0. The van der Waals surface area contributed by atoms with Crippen LogP contribution in [-0.2, 0) is 9.53 Å². The number of rotatable bonds is 5. The van der Waals surface area contributed by atoms with Crippen LogP contribution >= 0.6 is 0 Å². The SMILES string of the molecule is COC(CN)C(=O)Nc1cccc(-c2nn[nH]n2)c1. The van der Waals surface area contributed by atoms with Crippen molar-refractivity contribution in [1.29, 1.82) is 0 Å². The molecular weight excluding hydrogens is 248 g/mol. The number of hydrogen-bond donors (Lipinski definition) is 3. The van der Waals surface area contributed by atoms with Crippen LogP contribution < -0.4 is 11.1 Å². The third-order valence-electron chi connectivity index (χ3n) is 2.52. The van der Waals surface area contributed by atoms with Crippen LogP contribution in [0.15, 0.2) is 24.3 Å². The third-order valence-corrected chi connectivity index (χ3v) is 2.52. The van der Waals surface area contributed by atoms with Gasteiger partial charge in [0.05, 0.1) is 0 Å². The maximum absolute atomic E-state index is 11.8. The van der Waals surface area contributed by atoms with Gasteiger partial charge in [-0.25, -0.2) is 0 Å². The zero-order valence-corrected chi connectivity index (χ0v) is 10.3. The van der Waals surface area contributed by atoms with E-state index in [1.165, 1.54) is 7.11 Å². The standard InChI is InChI=1S/C11H14N6O2/c1-19-9(6-12)11(18)13-8-4-2-3-7(5-8)10-14-16-17-15-10/h2-5,9H,6,12H2,1H3,(H,13,18)(H,14,15,16,17). The number of carbonyl (C=O) groups is 1. The molecule has 0 aliphatic heterocycles. The molecule has 1 heterocycles. The highest BCUT2D eigenvalue weighted by molar-refractivity contribution is 5.94. The van der Waals surface area contributed by atoms with Gasteiger partial charge in [0.2, 0.25) is 5.82 Å². The Hall–Kier alpha value is -2.32. The molecule has 1 aromatic carbocycles. The molecule has 0 saturated heterocycles. The smallest absolute Gasteiger partial charge is 0.254 e. The summed E-state index contributed by atoms with van der Waals surface area (Å²) in [6.45, 7) is 0.118. The van der Waals surface area contributed by atoms with E-state index in [1.807, 2.05) is 6.07 Å². The number of methoxy groups -OCH3 is 1. The normalized spacial score (nSPS) is 12.1. The Morgan fingerprint density at radius 1 is 1.58 bits per heavy atom. The summed E-state index contributed by atoms with van der Waals surface area (Å²) in [7, 11) is 1.44. The molecule has 1 unspecified atom stereocenters. The second-order valence-electron chi connectivity index (χ2n) is 3.77. The molecule has 1 atom stereocenters. The Balaban J connectivity index is 2.14. The van der Waals surface area contributed by atoms with E-state index in [2.05, 4.69) is 25.9 Å². The second-order valence-corrected chi connectivity index (χ2v) is 3.77. The van der Waals surface area contributed by atoms with Crippen LogP contribution in [0.2, 0.25) is 0 Å². The number of amides is 1. The van der Waals surface area contributed by atoms with Gasteiger partial charge in [0.25, 0.3) is 5.91 Å². The fraction of sp³-hybridized carbons (Fsp3) is 0.273. The van der Waals surface area contributed by atoms with Gasteiger partial charge in [-0.2, -0.15) is 5.21 Å². The molecule has 0 saturated carbocycles. The van der Waals surface area contributed by atoms with Gasteiger partial charge in [0.15, 0.2) is 0 Å². The first-order valence-electron chi connectivity index (χ1n) is 5.62. The average Bonchev–Trinajstić information content (AvgIpc) is 2.94. The highest BCUT2D eigenvalue weighted by Gasteiger charge is 2.16. The number of tetrazole rings is 1. The van der Waals surface area contributed by atoms with Gasteiger partial charge < -0.3 is 15.8 Å². The minimum Gasteiger partial charge on any atom is -0.370 e. The van der Waals surface area contributed by atoms with Crippen molar-refractivity contribution in [3.63, 3.8) is 0 Å². The van der Waals surface area contributed by atoms with Crippen molar-refractivity contribution in [2.45, 2.75) is 6.10 Å². The van der Waals surface area contributed by atoms with Crippen LogP contribution in [-0.4, -0.2) is 46.3 Å². The van der Waals surface area contributed by atoms with Gasteiger partial charge in [0.1, 0.15) is 6.10 Å². The third kappa shape index (κ3) is 3.12. The second kappa shape index (κ2) is 6.03. The largest absolute Gasteiger partial charge is 0.370 e. The predicted molar refractivity (Wildman–Crippen MR) is 68.1 cm³/mol. The molecule has 19 heavy (non-hydrogen) atoms. The maximum Gasteiger partial charge on any atom is 0.254 e. The van der Waals surface area contributed by atoms with Crippen molar-refractivity contribution in [3.05, 3.63) is 24.3 Å². The Morgan fingerprint density at radius 2 is 2.42 bits per heavy atom. The van der Waals surface area contributed by atoms with Crippen molar-refractivity contribution < 1.29 is 9.53 Å². The topological polar surface area (TPSA) is 119 Å². The van der Waals surface area contributed by atoms with E-state index in [-0.39, 0.29) is 12.5 Å². The summed E-state index contributed by atoms with van der Waals surface area (Å²) in [6, 6.07) is 7.10. The van der Waals surface area contributed by atoms with Gasteiger partial charge in [0, 0.05) is 24.9 Å². The summed E-state index contributed by atoms with van der Waals surface area (Å²) < 4.78 is 4.96. The van der Waals surface area contributed by atoms with E-state index in [0.717, 1.165) is 5.56 Å². The quantitative estimate of drug-likeness (QED) is 0.685. The van der Waals surface area contributed by atoms with Gasteiger partial charge in [-0.3, -0.25) is 4.79 Å². The van der Waals surface area contributed by atoms with Crippen LogP contribution in [0.3, 0.4) is 0 Å². The molecule has 0 aliphatic rings. The molecule has 0 fully saturated rings. The van der Waals surface area contributed by atoms with Crippen molar-refractivity contribution in [2.24, 2.45) is 5.73 Å². The number of ether oxygens (including phenoxy) is 1. The van der Waals surface area contributed by atoms with Crippen LogP contribution in [0.4, 0.5) is 5.69 Å². The Morgan fingerprint density at radius 3 is 3.05 bits per heavy atom. The number of nitrogens with zero attached hydrogens (tertiary/aromatic N) is 3. The molecule has 2 aromatic rings. The fourth-order valence-electron chi connectivity index (χ4n) is 1.55. The number of H-pyrrole nitrogens is 1. The molecule has 0 bridgehead atoms. The molecule has 2 rings (SSSR count). The monoisotopic (exact) mass is 262 g/mol. The zero-order valence-electron chi connectivity index (χ0n) is 10.3. The summed E-state index contributed by atoms with van der Waals surface area (Å²) in [6.07, 6.45) is -0.672. The number of hydrogen-bond acceptors (Lipinski definition) is 6. The summed E-state index contributed by atoms with van der Waals surface area (Å²) in [4.78, 5) is 11.8. The molecule has 4 N–H and O–H groups in total. The molecule has 0 spiro atoms. The lowest BCUT2D eigenvalue weighted by Gasteiger charge is -2.13. The first-order valence-corrected chi connectivity index (χ1v) is 5.62. The Bertz CT molecular complexity index is 538. The van der Waals surface area contributed by atoms with Crippen LogP contribution in [0.1, 0.15) is 0 Å². The lowest BCUT2D eigenvalue weighted by molar-refractivity contribution is -0.125. The molecule has 8 nitrogen and oxygen atoms in total. The first kappa shape index (κ1) is 13.1. The number of anilines is 1. The highest BCUT2D eigenvalue weighted by Crippen LogP contribution is 2.18. The van der Waals surface area contributed by atoms with E-state index < -0.39 is 6.10 Å². The van der Waals surface area contributed by atoms with Crippen LogP contribution in [0, 0.1) is 0 Å². The van der Waals surface area contributed by atoms with Gasteiger partial charge in [-0.05, 0) is 17.3 Å². The Labute approximate surface area is 109 Å². The molecule has 1 amide bonds. The zero-order chi connectivity index (χ0) is 13.7. The van der Waals surface area contributed by atoms with Crippen molar-refractivity contribution in [3.8, 4) is 11.4 Å². The molecule has 0 aliphatic carbocycles. The number of nitrogens with one attached hydrogen (secondary N) is 2. The summed E-state index contributed by atoms with van der Waals surface area (Å²) in [5.74, 6) is 0.161. The van der Waals surface area contributed by atoms with E-state index in [1.54, 1.807) is 18.2 Å². The number of benzene rings is 1. The van der Waals surface area contributed by atoms with E-state index in [0.29, 0.717) is 11.5 Å². The molecule has 0 radical (unpaired) electrons. The lowest BCUT2D eigenvalue weighted by atomic mass is 10.2. The number of nitrogens with two attached hydrogens (primary N) is 1. The number of aromatic nitrogens is 4. The van der Waals surface area contributed by atoms with Crippen molar-refractivity contribution in [2.75, 3.05) is 19.0 Å². The molecule has 8 heteroatoms. The van der Waals surface area contributed by atoms with Gasteiger partial charge in [-0.15, -0.1) is 10.2 Å². The molecule has 100 valence electrons. The van der Waals surface area contributed by atoms with Gasteiger partial charge in [-0.1, -0.05) is 12.1 Å². The van der Waals surface area contributed by atoms with Gasteiger partial charge >= 0.3 is 0 Å². The molecule has 1 aromatic heterocycles. The van der Waals surface area contributed by atoms with E-state index in [9.17, 15) is 4.79 Å². The fourth-order valence-corrected chi connectivity index (χ4v) is 1.55. The van der Waals surface area contributed by atoms with E-state index in [4.69, 9.17) is 10.5 Å².